The van der Waals surface area contributed by atoms with Gasteiger partial charge in [-0.15, -0.1) is 0 Å². The Morgan fingerprint density at radius 1 is 1.32 bits per heavy atom. The highest BCUT2D eigenvalue weighted by molar-refractivity contribution is 6.32. The van der Waals surface area contributed by atoms with Crippen LogP contribution in [0.2, 0.25) is 5.02 Å². The zero-order chi connectivity index (χ0) is 20.6. The molecule has 1 saturated carbocycles. The molecule has 0 radical (unpaired) electrons. The summed E-state index contributed by atoms with van der Waals surface area (Å²) in [4.78, 5) is 12.6. The molecule has 5 nitrogen and oxygen atoms in total. The van der Waals surface area contributed by atoms with Crippen molar-refractivity contribution in [1.82, 2.24) is 9.78 Å². The van der Waals surface area contributed by atoms with Gasteiger partial charge < -0.3 is 10.1 Å². The molecule has 1 aliphatic carbocycles. The van der Waals surface area contributed by atoms with Crippen LogP contribution in [0.5, 0.6) is 5.75 Å². The van der Waals surface area contributed by atoms with Crippen LogP contribution in [-0.4, -0.2) is 22.3 Å². The van der Waals surface area contributed by atoms with Crippen LogP contribution in [0.1, 0.15) is 43.1 Å². The summed E-state index contributed by atoms with van der Waals surface area (Å²) in [6, 6.07) is 4.32. The lowest BCUT2D eigenvalue weighted by atomic mass is 10.2. The maximum absolute atomic E-state index is 13.2. The van der Waals surface area contributed by atoms with E-state index in [-0.39, 0.29) is 23.0 Å². The van der Waals surface area contributed by atoms with Gasteiger partial charge in [0.15, 0.2) is 5.69 Å². The maximum atomic E-state index is 13.2. The molecule has 28 heavy (non-hydrogen) atoms. The van der Waals surface area contributed by atoms with E-state index < -0.39 is 35.5 Å². The van der Waals surface area contributed by atoms with Crippen LogP contribution in [0.15, 0.2) is 24.3 Å². The first-order chi connectivity index (χ1) is 13.1. The number of alkyl halides is 5. The monoisotopic (exact) mass is 423 g/mol. The summed E-state index contributed by atoms with van der Waals surface area (Å²) in [5, 5.41) is 5.39. The number of anilines is 1. The predicted octanol–water partition coefficient (Wildman–Crippen LogP) is 5.23. The largest absolute Gasteiger partial charge is 0.436 e. The Balaban J connectivity index is 1.89. The molecule has 1 aromatic heterocycles. The molecule has 3 rings (SSSR count). The molecule has 11 heteroatoms. The lowest BCUT2D eigenvalue weighted by molar-refractivity contribution is -0.141. The molecule has 0 bridgehead atoms. The molecule has 1 unspecified atom stereocenters. The number of aromatic nitrogens is 2. The second-order valence-corrected chi connectivity index (χ2v) is 6.68. The fourth-order valence-corrected chi connectivity index (χ4v) is 3.13. The van der Waals surface area contributed by atoms with Gasteiger partial charge in [-0.05, 0) is 31.9 Å². The summed E-state index contributed by atoms with van der Waals surface area (Å²) in [7, 11) is 0. The molecule has 0 spiro atoms. The van der Waals surface area contributed by atoms with Crippen molar-refractivity contribution in [3.63, 3.8) is 0 Å². The number of carbonyl (C=O) groups excluding carboxylic acids is 1. The Labute approximate surface area is 161 Å². The summed E-state index contributed by atoms with van der Waals surface area (Å²) >= 11 is 5.90. The number of hydrogen-bond donors (Lipinski definition) is 1. The smallest absolute Gasteiger partial charge is 0.433 e. The molecule has 1 amide bonds. The molecule has 0 saturated heterocycles. The van der Waals surface area contributed by atoms with E-state index in [1.165, 1.54) is 31.2 Å². The van der Waals surface area contributed by atoms with Crippen LogP contribution in [0, 0.1) is 0 Å². The quantitative estimate of drug-likeness (QED) is 0.647. The van der Waals surface area contributed by atoms with Gasteiger partial charge in [0.25, 0.3) is 0 Å². The van der Waals surface area contributed by atoms with Crippen molar-refractivity contribution < 1.29 is 31.5 Å². The van der Waals surface area contributed by atoms with Crippen molar-refractivity contribution in [1.29, 1.82) is 0 Å². The number of rotatable bonds is 6. The van der Waals surface area contributed by atoms with Crippen molar-refractivity contribution in [3.8, 4) is 5.75 Å². The molecule has 1 aliphatic rings. The molecule has 1 aromatic carbocycles. The lowest BCUT2D eigenvalue weighted by Gasteiger charge is -2.17. The molecule has 2 aromatic rings. The van der Waals surface area contributed by atoms with E-state index in [4.69, 9.17) is 11.6 Å². The third kappa shape index (κ3) is 4.21. The van der Waals surface area contributed by atoms with Gasteiger partial charge in [0, 0.05) is 5.92 Å². The minimum absolute atomic E-state index is 0.0399. The van der Waals surface area contributed by atoms with E-state index in [1.54, 1.807) is 0 Å². The van der Waals surface area contributed by atoms with Gasteiger partial charge in [-0.1, -0.05) is 23.7 Å². The fraction of sp³-hybridized carbons (Fsp3) is 0.412. The first-order valence-electron chi connectivity index (χ1n) is 8.29. The average Bonchev–Trinajstić information content (AvgIpc) is 3.36. The Bertz CT molecular complexity index is 880. The molecule has 1 atom stereocenters. The number of carbonyl (C=O) groups is 1. The zero-order valence-electron chi connectivity index (χ0n) is 14.4. The highest BCUT2D eigenvalue weighted by atomic mass is 35.5. The number of ether oxygens (including phenoxy) is 1. The minimum Gasteiger partial charge on any atom is -0.433 e. The van der Waals surface area contributed by atoms with E-state index in [9.17, 15) is 26.7 Å². The van der Waals surface area contributed by atoms with Gasteiger partial charge >= 0.3 is 12.8 Å². The van der Waals surface area contributed by atoms with Crippen molar-refractivity contribution in [3.05, 3.63) is 40.7 Å². The number of para-hydroxylation sites is 2. The second kappa shape index (κ2) is 7.57. The molecular formula is C17H15ClF5N3O2. The third-order valence-corrected chi connectivity index (χ3v) is 4.60. The summed E-state index contributed by atoms with van der Waals surface area (Å²) in [6.07, 6.45) is -3.48. The highest BCUT2D eigenvalue weighted by Crippen LogP contribution is 2.47. The van der Waals surface area contributed by atoms with E-state index in [1.807, 2.05) is 0 Å². The van der Waals surface area contributed by atoms with Crippen LogP contribution >= 0.6 is 11.6 Å². The van der Waals surface area contributed by atoms with E-state index in [2.05, 4.69) is 15.2 Å². The molecule has 1 N–H and O–H groups in total. The third-order valence-electron chi connectivity index (χ3n) is 4.23. The molecule has 1 heterocycles. The highest BCUT2D eigenvalue weighted by Gasteiger charge is 2.43. The fourth-order valence-electron chi connectivity index (χ4n) is 2.74. The molecular weight excluding hydrogens is 409 g/mol. The van der Waals surface area contributed by atoms with Crippen molar-refractivity contribution in [2.45, 2.75) is 44.5 Å². The predicted molar refractivity (Wildman–Crippen MR) is 90.6 cm³/mol. The van der Waals surface area contributed by atoms with Crippen LogP contribution in [-0.2, 0) is 11.0 Å². The lowest BCUT2D eigenvalue weighted by Crippen LogP contribution is -2.26. The number of nitrogens with one attached hydrogen (secondary N) is 1. The van der Waals surface area contributed by atoms with Gasteiger partial charge in [-0.25, -0.2) is 0 Å². The summed E-state index contributed by atoms with van der Waals surface area (Å²) in [5.74, 6) is -1.23. The normalized spacial score (nSPS) is 15.6. The van der Waals surface area contributed by atoms with Crippen LogP contribution < -0.4 is 10.1 Å². The van der Waals surface area contributed by atoms with Gasteiger partial charge in [-0.3, -0.25) is 9.48 Å². The number of amides is 1. The number of nitrogens with zero attached hydrogens (tertiary/aromatic N) is 2. The minimum atomic E-state index is -4.76. The second-order valence-electron chi connectivity index (χ2n) is 6.30. The zero-order valence-corrected chi connectivity index (χ0v) is 15.2. The van der Waals surface area contributed by atoms with Crippen LogP contribution in [0.25, 0.3) is 0 Å². The van der Waals surface area contributed by atoms with Crippen molar-refractivity contribution in [2.24, 2.45) is 0 Å². The average molecular weight is 424 g/mol. The van der Waals surface area contributed by atoms with Gasteiger partial charge in [0.05, 0.1) is 16.4 Å². The first kappa shape index (κ1) is 20.4. The van der Waals surface area contributed by atoms with Gasteiger partial charge in [0.1, 0.15) is 11.8 Å². The van der Waals surface area contributed by atoms with E-state index >= 15 is 0 Å². The van der Waals surface area contributed by atoms with E-state index in [0.717, 1.165) is 4.68 Å². The van der Waals surface area contributed by atoms with Crippen molar-refractivity contribution >= 4 is 23.2 Å². The SMILES string of the molecule is CC(C(=O)Nc1ccccc1OC(F)F)n1nc(C(F)(F)F)c(Cl)c1C1CC1. The Kier molecular flexibility index (Phi) is 5.51. The molecule has 0 aliphatic heterocycles. The number of hydrogen-bond acceptors (Lipinski definition) is 3. The van der Waals surface area contributed by atoms with Crippen LogP contribution in [0.3, 0.4) is 0 Å². The van der Waals surface area contributed by atoms with Crippen molar-refractivity contribution in [2.75, 3.05) is 5.32 Å². The maximum Gasteiger partial charge on any atom is 0.436 e. The topological polar surface area (TPSA) is 56.1 Å². The Hall–Kier alpha value is -2.36. The summed E-state index contributed by atoms with van der Waals surface area (Å²) < 4.78 is 69.8. The molecule has 152 valence electrons. The van der Waals surface area contributed by atoms with Gasteiger partial charge in [0.2, 0.25) is 5.91 Å². The Morgan fingerprint density at radius 2 is 1.96 bits per heavy atom. The van der Waals surface area contributed by atoms with Gasteiger partial charge in [-0.2, -0.15) is 27.1 Å². The summed E-state index contributed by atoms with van der Waals surface area (Å²) in [5.41, 5.74) is -1.15. The standard InChI is InChI=1S/C17H15ClF5N3O2/c1-8(15(27)24-10-4-2-3-5-11(10)28-16(19)20)26-13(9-6-7-9)12(18)14(25-26)17(21,22)23/h2-5,8-9,16H,6-7H2,1H3,(H,24,27). The van der Waals surface area contributed by atoms with E-state index in [0.29, 0.717) is 12.8 Å². The number of halogens is 6. The number of benzene rings is 1. The summed E-state index contributed by atoms with van der Waals surface area (Å²) in [6.45, 7) is -1.75. The first-order valence-corrected chi connectivity index (χ1v) is 8.67. The molecule has 1 fully saturated rings. The Morgan fingerprint density at radius 3 is 2.54 bits per heavy atom. The van der Waals surface area contributed by atoms with Crippen LogP contribution in [0.4, 0.5) is 27.6 Å².